The van der Waals surface area contributed by atoms with E-state index in [0.29, 0.717) is 5.56 Å². The first-order valence-corrected chi connectivity index (χ1v) is 9.19. The van der Waals surface area contributed by atoms with Crippen molar-refractivity contribution in [1.29, 1.82) is 0 Å². The Balaban J connectivity index is 1.69. The predicted octanol–water partition coefficient (Wildman–Crippen LogP) is 3.77. The van der Waals surface area contributed by atoms with Gasteiger partial charge in [0.05, 0.1) is 10.6 Å². The molecule has 26 heavy (non-hydrogen) atoms. The zero-order valence-electron chi connectivity index (χ0n) is 13.3. The Morgan fingerprint density at radius 1 is 0.962 bits per heavy atom. The molecule has 0 bridgehead atoms. The molecule has 0 aliphatic heterocycles. The van der Waals surface area contributed by atoms with Gasteiger partial charge in [0.1, 0.15) is 0 Å². The van der Waals surface area contributed by atoms with E-state index in [4.69, 9.17) is 0 Å². The molecule has 0 N–H and O–H groups in total. The highest BCUT2D eigenvalue weighted by molar-refractivity contribution is 7.91. The lowest BCUT2D eigenvalue weighted by Gasteiger charge is -2.05. The maximum absolute atomic E-state index is 12.5. The third-order valence-corrected chi connectivity index (χ3v) is 5.37. The summed E-state index contributed by atoms with van der Waals surface area (Å²) in [6, 6.07) is 14.4. The summed E-state index contributed by atoms with van der Waals surface area (Å²) >= 11 is 0. The van der Waals surface area contributed by atoms with Crippen LogP contribution >= 0.6 is 0 Å². The number of aryl methyl sites for hydroxylation is 1. The average Bonchev–Trinajstić information content (AvgIpc) is 3.12. The van der Waals surface area contributed by atoms with Crippen LogP contribution in [0.3, 0.4) is 0 Å². The zero-order chi connectivity index (χ0) is 18.8. The van der Waals surface area contributed by atoms with Gasteiger partial charge >= 0.3 is 12.1 Å². The molecule has 0 fully saturated rings. The quantitative estimate of drug-likeness (QED) is 0.672. The normalized spacial score (nSPS) is 12.3. The first-order chi connectivity index (χ1) is 12.3. The molecule has 0 spiro atoms. The highest BCUT2D eigenvalue weighted by atomic mass is 32.2. The summed E-state index contributed by atoms with van der Waals surface area (Å²) in [7, 11) is -3.40. The Kier molecular flexibility index (Phi) is 4.82. The van der Waals surface area contributed by atoms with Crippen LogP contribution in [0.15, 0.2) is 64.0 Å². The van der Waals surface area contributed by atoms with Gasteiger partial charge in [-0.2, -0.15) is 18.2 Å². The van der Waals surface area contributed by atoms with Gasteiger partial charge in [-0.1, -0.05) is 47.6 Å². The maximum atomic E-state index is 12.5. The number of halogens is 3. The topological polar surface area (TPSA) is 73.1 Å². The first-order valence-electron chi connectivity index (χ1n) is 7.54. The summed E-state index contributed by atoms with van der Waals surface area (Å²) < 4.78 is 66.1. The lowest BCUT2D eigenvalue weighted by Crippen LogP contribution is -2.09. The number of hydrogen-bond acceptors (Lipinski definition) is 5. The van der Waals surface area contributed by atoms with E-state index in [-0.39, 0.29) is 22.9 Å². The lowest BCUT2D eigenvalue weighted by atomic mass is 10.1. The van der Waals surface area contributed by atoms with Crippen LogP contribution in [0.25, 0.3) is 11.4 Å². The monoisotopic (exact) mass is 382 g/mol. The zero-order valence-corrected chi connectivity index (χ0v) is 14.1. The highest BCUT2D eigenvalue weighted by Gasteiger charge is 2.38. The minimum absolute atomic E-state index is 0.0726. The molecule has 1 heterocycles. The van der Waals surface area contributed by atoms with E-state index in [9.17, 15) is 21.6 Å². The number of aromatic nitrogens is 2. The molecule has 9 heteroatoms. The maximum Gasteiger partial charge on any atom is 0.471 e. The molecule has 0 unspecified atom stereocenters. The number of benzene rings is 2. The van der Waals surface area contributed by atoms with E-state index in [0.717, 1.165) is 5.56 Å². The first kappa shape index (κ1) is 18.1. The minimum Gasteiger partial charge on any atom is -0.329 e. The molecule has 0 saturated carbocycles. The van der Waals surface area contributed by atoms with Crippen molar-refractivity contribution in [2.75, 3.05) is 5.75 Å². The standard InChI is InChI=1S/C17H13F3N2O3S/c18-17(19,20)16-21-15(22-25-16)13-8-6-12(7-9-13)10-11-26(23,24)14-4-2-1-3-5-14/h1-9H,10-11H2. The van der Waals surface area contributed by atoms with Gasteiger partial charge in [0.15, 0.2) is 9.84 Å². The molecule has 0 aliphatic rings. The Morgan fingerprint density at radius 2 is 1.62 bits per heavy atom. The highest BCUT2D eigenvalue weighted by Crippen LogP contribution is 2.29. The van der Waals surface area contributed by atoms with Crippen LogP contribution in [0, 0.1) is 0 Å². The van der Waals surface area contributed by atoms with E-state index in [1.807, 2.05) is 0 Å². The van der Waals surface area contributed by atoms with Crippen molar-refractivity contribution >= 4 is 9.84 Å². The van der Waals surface area contributed by atoms with Crippen molar-refractivity contribution in [1.82, 2.24) is 10.1 Å². The predicted molar refractivity (Wildman–Crippen MR) is 86.9 cm³/mol. The van der Waals surface area contributed by atoms with Gasteiger partial charge in [-0.15, -0.1) is 0 Å². The summed E-state index contributed by atoms with van der Waals surface area (Å²) in [6.45, 7) is 0. The van der Waals surface area contributed by atoms with Crippen LogP contribution in [0.2, 0.25) is 0 Å². The minimum atomic E-state index is -4.70. The van der Waals surface area contributed by atoms with Gasteiger partial charge < -0.3 is 4.52 Å². The fraction of sp³-hybridized carbons (Fsp3) is 0.176. The Morgan fingerprint density at radius 3 is 2.19 bits per heavy atom. The van der Waals surface area contributed by atoms with Gasteiger partial charge in [0.25, 0.3) is 0 Å². The van der Waals surface area contributed by atoms with Crippen LogP contribution < -0.4 is 0 Å². The lowest BCUT2D eigenvalue weighted by molar-refractivity contribution is -0.159. The second-order valence-electron chi connectivity index (χ2n) is 5.50. The molecule has 0 aliphatic carbocycles. The fourth-order valence-corrected chi connectivity index (χ4v) is 3.59. The van der Waals surface area contributed by atoms with Crippen LogP contribution in [-0.2, 0) is 22.4 Å². The van der Waals surface area contributed by atoms with E-state index >= 15 is 0 Å². The van der Waals surface area contributed by atoms with Crippen molar-refractivity contribution in [3.8, 4) is 11.4 Å². The smallest absolute Gasteiger partial charge is 0.329 e. The molecule has 3 aromatic rings. The molecule has 3 rings (SSSR count). The Hall–Kier alpha value is -2.68. The average molecular weight is 382 g/mol. The van der Waals surface area contributed by atoms with E-state index in [2.05, 4.69) is 14.7 Å². The van der Waals surface area contributed by atoms with Gasteiger partial charge in [-0.3, -0.25) is 0 Å². The summed E-state index contributed by atoms with van der Waals surface area (Å²) in [5.41, 5.74) is 1.08. The van der Waals surface area contributed by atoms with Crippen LogP contribution in [0.5, 0.6) is 0 Å². The van der Waals surface area contributed by atoms with Crippen molar-refractivity contribution in [3.63, 3.8) is 0 Å². The van der Waals surface area contributed by atoms with Crippen molar-refractivity contribution in [2.24, 2.45) is 0 Å². The van der Waals surface area contributed by atoms with Crippen molar-refractivity contribution in [2.45, 2.75) is 17.5 Å². The molecule has 0 atom stereocenters. The van der Waals surface area contributed by atoms with Crippen LogP contribution in [-0.4, -0.2) is 24.3 Å². The summed E-state index contributed by atoms with van der Waals surface area (Å²) in [5.74, 6) is -1.66. The molecule has 1 aromatic heterocycles. The molecule has 0 amide bonds. The van der Waals surface area contributed by atoms with Gasteiger partial charge in [-0.25, -0.2) is 8.42 Å². The molecule has 0 radical (unpaired) electrons. The second kappa shape index (κ2) is 6.91. The number of sulfone groups is 1. The van der Waals surface area contributed by atoms with Gasteiger partial charge in [0.2, 0.25) is 5.82 Å². The number of rotatable bonds is 5. The third kappa shape index (κ3) is 4.10. The Bertz CT molecular complexity index is 982. The largest absolute Gasteiger partial charge is 0.471 e. The molecular formula is C17H13F3N2O3S. The van der Waals surface area contributed by atoms with E-state index in [1.165, 1.54) is 24.3 Å². The summed E-state index contributed by atoms with van der Waals surface area (Å²) in [6.07, 6.45) is -4.42. The second-order valence-corrected chi connectivity index (χ2v) is 7.61. The SMILES string of the molecule is O=S(=O)(CCc1ccc(-c2noc(C(F)(F)F)n2)cc1)c1ccccc1. The van der Waals surface area contributed by atoms with E-state index in [1.54, 1.807) is 30.3 Å². The van der Waals surface area contributed by atoms with Gasteiger partial charge in [0, 0.05) is 5.56 Å². The molecule has 2 aromatic carbocycles. The number of hydrogen-bond donors (Lipinski definition) is 0. The van der Waals surface area contributed by atoms with Crippen LogP contribution in [0.4, 0.5) is 13.2 Å². The van der Waals surface area contributed by atoms with E-state index < -0.39 is 21.9 Å². The molecule has 0 saturated heterocycles. The number of alkyl halides is 3. The van der Waals surface area contributed by atoms with Crippen LogP contribution in [0.1, 0.15) is 11.5 Å². The summed E-state index contributed by atoms with van der Waals surface area (Å²) in [5, 5.41) is 3.31. The third-order valence-electron chi connectivity index (χ3n) is 3.64. The molecule has 136 valence electrons. The number of nitrogens with zero attached hydrogens (tertiary/aromatic N) is 2. The Labute approximate surface area is 147 Å². The molecular weight excluding hydrogens is 369 g/mol. The molecule has 5 nitrogen and oxygen atoms in total. The van der Waals surface area contributed by atoms with Crippen molar-refractivity contribution < 1.29 is 26.1 Å². The fourth-order valence-electron chi connectivity index (χ4n) is 2.27. The van der Waals surface area contributed by atoms with Gasteiger partial charge in [-0.05, 0) is 24.1 Å². The summed E-state index contributed by atoms with van der Waals surface area (Å²) in [4.78, 5) is 3.56. The van der Waals surface area contributed by atoms with Crippen molar-refractivity contribution in [3.05, 3.63) is 66.1 Å².